The minimum absolute atomic E-state index is 0.103. The number of anilines is 1. The van der Waals surface area contributed by atoms with Crippen LogP contribution in [0.15, 0.2) is 36.4 Å². The molecule has 19 heavy (non-hydrogen) atoms. The fourth-order valence-electron chi connectivity index (χ4n) is 1.42. The van der Waals surface area contributed by atoms with Gasteiger partial charge < -0.3 is 10.1 Å². The number of nitro groups is 1. The quantitative estimate of drug-likeness (QED) is 0.685. The zero-order chi connectivity index (χ0) is 13.8. The van der Waals surface area contributed by atoms with E-state index in [1.54, 1.807) is 31.3 Å². The number of aromatic nitrogens is 1. The van der Waals surface area contributed by atoms with Gasteiger partial charge in [0.1, 0.15) is 11.6 Å². The van der Waals surface area contributed by atoms with E-state index in [-0.39, 0.29) is 11.6 Å². The van der Waals surface area contributed by atoms with Crippen LogP contribution in [-0.4, -0.2) is 17.0 Å². The third-order valence-electron chi connectivity index (χ3n) is 2.30. The lowest BCUT2D eigenvalue weighted by Crippen LogP contribution is -1.98. The molecule has 98 valence electrons. The molecule has 0 bridgehead atoms. The first-order valence-electron chi connectivity index (χ1n) is 5.37. The van der Waals surface area contributed by atoms with E-state index in [4.69, 9.17) is 16.3 Å². The van der Waals surface area contributed by atoms with E-state index in [9.17, 15) is 10.1 Å². The van der Waals surface area contributed by atoms with Crippen LogP contribution in [0.25, 0.3) is 0 Å². The van der Waals surface area contributed by atoms with Gasteiger partial charge in [0.15, 0.2) is 0 Å². The number of hydrogen-bond donors (Lipinski definition) is 1. The maximum atomic E-state index is 10.8. The van der Waals surface area contributed by atoms with Gasteiger partial charge in [0, 0.05) is 7.05 Å². The first-order valence-corrected chi connectivity index (χ1v) is 5.74. The van der Waals surface area contributed by atoms with E-state index in [1.807, 2.05) is 0 Å². The third-order valence-corrected chi connectivity index (χ3v) is 2.62. The summed E-state index contributed by atoms with van der Waals surface area (Å²) in [7, 11) is 1.62. The Bertz CT molecular complexity index is 619. The van der Waals surface area contributed by atoms with Gasteiger partial charge in [-0.1, -0.05) is 23.7 Å². The molecule has 1 aromatic heterocycles. The van der Waals surface area contributed by atoms with Crippen LogP contribution in [0.5, 0.6) is 11.6 Å². The van der Waals surface area contributed by atoms with Crippen molar-refractivity contribution in [2.24, 2.45) is 0 Å². The molecule has 0 saturated heterocycles. The normalized spacial score (nSPS) is 10.0. The number of ether oxygens (including phenoxy) is 1. The van der Waals surface area contributed by atoms with Gasteiger partial charge in [-0.15, -0.1) is 0 Å². The first kappa shape index (κ1) is 13.1. The number of rotatable bonds is 4. The summed E-state index contributed by atoms with van der Waals surface area (Å²) in [6.07, 6.45) is 0. The Balaban J connectivity index is 2.37. The molecule has 0 atom stereocenters. The predicted molar refractivity (Wildman–Crippen MR) is 72.0 cm³/mol. The molecule has 0 amide bonds. The topological polar surface area (TPSA) is 77.3 Å². The Morgan fingerprint density at radius 1 is 1.37 bits per heavy atom. The largest absolute Gasteiger partial charge is 0.437 e. The highest BCUT2D eigenvalue weighted by atomic mass is 35.5. The van der Waals surface area contributed by atoms with Crippen LogP contribution in [0, 0.1) is 10.1 Å². The zero-order valence-electron chi connectivity index (χ0n) is 9.96. The number of pyridine rings is 1. The van der Waals surface area contributed by atoms with Crippen molar-refractivity contribution in [1.29, 1.82) is 0 Å². The highest BCUT2D eigenvalue weighted by Gasteiger charge is 2.13. The van der Waals surface area contributed by atoms with Gasteiger partial charge in [-0.2, -0.15) is 4.98 Å². The van der Waals surface area contributed by atoms with Crippen LogP contribution in [0.3, 0.4) is 0 Å². The van der Waals surface area contributed by atoms with Crippen LogP contribution >= 0.6 is 11.6 Å². The summed E-state index contributed by atoms with van der Waals surface area (Å²) in [4.78, 5) is 14.4. The molecule has 0 aliphatic carbocycles. The standard InChI is InChI=1S/C12H10ClN3O3/c1-14-11-6-8(16(17)18)7-12(15-11)19-10-5-3-2-4-9(10)13/h2-7H,1H3,(H,14,15). The van der Waals surface area contributed by atoms with Gasteiger partial charge in [0.25, 0.3) is 5.69 Å². The second kappa shape index (κ2) is 5.53. The third kappa shape index (κ3) is 3.11. The predicted octanol–water partition coefficient (Wildman–Crippen LogP) is 3.48. The van der Waals surface area contributed by atoms with Gasteiger partial charge >= 0.3 is 0 Å². The van der Waals surface area contributed by atoms with E-state index in [2.05, 4.69) is 10.3 Å². The number of halogens is 1. The van der Waals surface area contributed by atoms with E-state index in [1.165, 1.54) is 12.1 Å². The van der Waals surface area contributed by atoms with Crippen LogP contribution in [-0.2, 0) is 0 Å². The summed E-state index contributed by atoms with van der Waals surface area (Å²) in [5.74, 6) is 0.835. The van der Waals surface area contributed by atoms with Crippen LogP contribution in [0.4, 0.5) is 11.5 Å². The first-order chi connectivity index (χ1) is 9.10. The summed E-state index contributed by atoms with van der Waals surface area (Å²) >= 11 is 5.95. The van der Waals surface area contributed by atoms with Crippen molar-refractivity contribution >= 4 is 23.1 Å². The van der Waals surface area contributed by atoms with Crippen molar-refractivity contribution in [3.05, 3.63) is 51.5 Å². The van der Waals surface area contributed by atoms with Crippen LogP contribution in [0.2, 0.25) is 5.02 Å². The van der Waals surface area contributed by atoms with E-state index >= 15 is 0 Å². The highest BCUT2D eigenvalue weighted by Crippen LogP contribution is 2.30. The Hall–Kier alpha value is -2.34. The van der Waals surface area contributed by atoms with Gasteiger partial charge in [-0.3, -0.25) is 10.1 Å². The number of para-hydroxylation sites is 1. The van der Waals surface area contributed by atoms with E-state index in [0.717, 1.165) is 0 Å². The molecule has 0 spiro atoms. The van der Waals surface area contributed by atoms with Gasteiger partial charge in [0.05, 0.1) is 22.1 Å². The van der Waals surface area contributed by atoms with Crippen LogP contribution < -0.4 is 10.1 Å². The number of hydrogen-bond acceptors (Lipinski definition) is 5. The lowest BCUT2D eigenvalue weighted by molar-refractivity contribution is -0.384. The summed E-state index contributed by atoms with van der Waals surface area (Å²) in [6, 6.07) is 9.38. The average molecular weight is 280 g/mol. The highest BCUT2D eigenvalue weighted by molar-refractivity contribution is 6.32. The van der Waals surface area contributed by atoms with E-state index < -0.39 is 4.92 Å². The molecular weight excluding hydrogens is 270 g/mol. The molecular formula is C12H10ClN3O3. The average Bonchev–Trinajstić information content (AvgIpc) is 2.41. The monoisotopic (exact) mass is 279 g/mol. The Labute approximate surface area is 114 Å². The summed E-state index contributed by atoms with van der Waals surface area (Å²) in [5.41, 5.74) is -0.110. The minimum atomic E-state index is -0.512. The van der Waals surface area contributed by atoms with E-state index in [0.29, 0.717) is 16.6 Å². The summed E-state index contributed by atoms with van der Waals surface area (Å²) in [6.45, 7) is 0. The number of benzene rings is 1. The van der Waals surface area contributed by atoms with Crippen molar-refractivity contribution in [3.63, 3.8) is 0 Å². The lowest BCUT2D eigenvalue weighted by atomic mass is 10.3. The SMILES string of the molecule is CNc1cc([N+](=O)[O-])cc(Oc2ccccc2Cl)n1. The van der Waals surface area contributed by atoms with Crippen molar-refractivity contribution < 1.29 is 9.66 Å². The van der Waals surface area contributed by atoms with Gasteiger partial charge in [-0.05, 0) is 12.1 Å². The maximum absolute atomic E-state index is 10.8. The van der Waals surface area contributed by atoms with Crippen molar-refractivity contribution in [3.8, 4) is 11.6 Å². The molecule has 1 N–H and O–H groups in total. The zero-order valence-corrected chi connectivity index (χ0v) is 10.7. The lowest BCUT2D eigenvalue weighted by Gasteiger charge is -2.07. The molecule has 1 aromatic carbocycles. The molecule has 0 fully saturated rings. The molecule has 2 rings (SSSR count). The number of nitrogens with zero attached hydrogens (tertiary/aromatic N) is 2. The second-order valence-electron chi connectivity index (χ2n) is 3.59. The van der Waals surface area contributed by atoms with Gasteiger partial charge in [0.2, 0.25) is 5.88 Å². The molecule has 1 heterocycles. The molecule has 0 unspecified atom stereocenters. The van der Waals surface area contributed by atoms with Crippen molar-refractivity contribution in [1.82, 2.24) is 4.98 Å². The fraction of sp³-hybridized carbons (Fsp3) is 0.0833. The summed E-state index contributed by atoms with van der Waals surface area (Å²) in [5, 5.41) is 13.9. The molecule has 7 heteroatoms. The summed E-state index contributed by atoms with van der Waals surface area (Å²) < 4.78 is 5.45. The maximum Gasteiger partial charge on any atom is 0.278 e. The number of nitrogens with one attached hydrogen (secondary N) is 1. The van der Waals surface area contributed by atoms with Gasteiger partial charge in [-0.25, -0.2) is 0 Å². The molecule has 0 aliphatic heterocycles. The Morgan fingerprint density at radius 3 is 2.74 bits per heavy atom. The Morgan fingerprint density at radius 2 is 2.11 bits per heavy atom. The Kier molecular flexibility index (Phi) is 3.82. The molecule has 0 radical (unpaired) electrons. The smallest absolute Gasteiger partial charge is 0.278 e. The molecule has 6 nitrogen and oxygen atoms in total. The van der Waals surface area contributed by atoms with Crippen molar-refractivity contribution in [2.75, 3.05) is 12.4 Å². The molecule has 0 saturated carbocycles. The van der Waals surface area contributed by atoms with Crippen LogP contribution in [0.1, 0.15) is 0 Å². The molecule has 2 aromatic rings. The minimum Gasteiger partial charge on any atom is -0.437 e. The second-order valence-corrected chi connectivity index (χ2v) is 4.00. The van der Waals surface area contributed by atoms with Crippen molar-refractivity contribution in [2.45, 2.75) is 0 Å². The fourth-order valence-corrected chi connectivity index (χ4v) is 1.59. The molecule has 0 aliphatic rings.